The van der Waals surface area contributed by atoms with Gasteiger partial charge in [-0.2, -0.15) is 0 Å². The molecule has 0 aliphatic heterocycles. The van der Waals surface area contributed by atoms with Crippen molar-refractivity contribution in [3.05, 3.63) is 94.8 Å². The van der Waals surface area contributed by atoms with Gasteiger partial charge in [0.2, 0.25) is 15.8 Å². The third kappa shape index (κ3) is 3.74. The molecule has 1 unspecified atom stereocenters. The molecule has 1 atom stereocenters. The molecule has 2 aromatic carbocycles. The number of carbonyl (C=O) groups is 1. The quantitative estimate of drug-likeness (QED) is 0.618. The highest BCUT2D eigenvalue weighted by atomic mass is 32.2. The highest BCUT2D eigenvalue weighted by molar-refractivity contribution is 7.90. The van der Waals surface area contributed by atoms with Gasteiger partial charge in [-0.3, -0.25) is 4.79 Å². The topological polar surface area (TPSA) is 93.0 Å². The zero-order valence-corrected chi connectivity index (χ0v) is 15.8. The maximum atomic E-state index is 13.9. The molecule has 0 spiro atoms. The Hall–Kier alpha value is -2.84. The van der Waals surface area contributed by atoms with E-state index in [0.717, 1.165) is 12.1 Å². The second-order valence-corrected chi connectivity index (χ2v) is 8.66. The molecule has 0 bridgehead atoms. The lowest BCUT2D eigenvalue weighted by molar-refractivity contribution is 0.103. The van der Waals surface area contributed by atoms with Crippen LogP contribution in [0.5, 0.6) is 0 Å². The van der Waals surface area contributed by atoms with Gasteiger partial charge in [-0.25, -0.2) is 22.3 Å². The van der Waals surface area contributed by atoms with E-state index in [-0.39, 0.29) is 17.7 Å². The number of hydrogen-bond acceptors (Lipinski definition) is 3. The van der Waals surface area contributed by atoms with Crippen LogP contribution in [0.1, 0.15) is 34.2 Å². The standard InChI is InChI=1S/C20H18F2N2O3S/c1-20(28(23,26)27,13-5-3-2-4-6-13)12-15-8-10-18(24-15)19(25)16-9-7-14(21)11-17(16)22/h2-11,24H,12H2,1H3,(H2,23,26,27). The number of halogens is 2. The fourth-order valence-electron chi connectivity index (χ4n) is 3.02. The summed E-state index contributed by atoms with van der Waals surface area (Å²) >= 11 is 0. The van der Waals surface area contributed by atoms with E-state index in [1.165, 1.54) is 13.0 Å². The van der Waals surface area contributed by atoms with Crippen molar-refractivity contribution >= 4 is 15.8 Å². The van der Waals surface area contributed by atoms with E-state index in [9.17, 15) is 22.0 Å². The first-order valence-corrected chi connectivity index (χ1v) is 9.92. The molecular formula is C20H18F2N2O3S. The van der Waals surface area contributed by atoms with Gasteiger partial charge >= 0.3 is 0 Å². The molecule has 8 heteroatoms. The number of aromatic amines is 1. The van der Waals surface area contributed by atoms with Gasteiger partial charge in [0, 0.05) is 18.2 Å². The van der Waals surface area contributed by atoms with Crippen molar-refractivity contribution in [1.29, 1.82) is 0 Å². The Morgan fingerprint density at radius 3 is 2.36 bits per heavy atom. The van der Waals surface area contributed by atoms with Crippen molar-refractivity contribution < 1.29 is 22.0 Å². The van der Waals surface area contributed by atoms with E-state index >= 15 is 0 Å². The number of primary sulfonamides is 1. The Morgan fingerprint density at radius 1 is 1.07 bits per heavy atom. The van der Waals surface area contributed by atoms with Crippen molar-refractivity contribution in [3.63, 3.8) is 0 Å². The minimum absolute atomic E-state index is 0.0188. The predicted octanol–water partition coefficient (Wildman–Crippen LogP) is 3.27. The van der Waals surface area contributed by atoms with Crippen LogP contribution in [-0.2, 0) is 21.2 Å². The molecule has 28 heavy (non-hydrogen) atoms. The summed E-state index contributed by atoms with van der Waals surface area (Å²) in [6.07, 6.45) is -0.0188. The van der Waals surface area contributed by atoms with Crippen molar-refractivity contribution in [2.24, 2.45) is 5.14 Å². The Morgan fingerprint density at radius 2 is 1.75 bits per heavy atom. The number of hydrogen-bond donors (Lipinski definition) is 2. The molecule has 0 aliphatic carbocycles. The maximum absolute atomic E-state index is 13.9. The molecule has 1 aromatic heterocycles. The second-order valence-electron chi connectivity index (χ2n) is 6.67. The lowest BCUT2D eigenvalue weighted by Gasteiger charge is -2.27. The molecule has 3 aromatic rings. The van der Waals surface area contributed by atoms with Crippen LogP contribution in [0.2, 0.25) is 0 Å². The highest BCUT2D eigenvalue weighted by Gasteiger charge is 2.39. The third-order valence-electron chi connectivity index (χ3n) is 4.71. The smallest absolute Gasteiger partial charge is 0.219 e. The molecule has 0 saturated heterocycles. The van der Waals surface area contributed by atoms with Crippen molar-refractivity contribution in [2.45, 2.75) is 18.1 Å². The van der Waals surface area contributed by atoms with Crippen LogP contribution in [0, 0.1) is 11.6 Å². The third-order valence-corrected chi connectivity index (χ3v) is 6.34. The van der Waals surface area contributed by atoms with Gasteiger partial charge in [0.25, 0.3) is 0 Å². The number of benzene rings is 2. The highest BCUT2D eigenvalue weighted by Crippen LogP contribution is 2.32. The summed E-state index contributed by atoms with van der Waals surface area (Å²) in [5.74, 6) is -2.42. The van der Waals surface area contributed by atoms with Gasteiger partial charge in [-0.15, -0.1) is 0 Å². The van der Waals surface area contributed by atoms with E-state index in [4.69, 9.17) is 5.14 Å². The first-order chi connectivity index (χ1) is 13.1. The zero-order chi connectivity index (χ0) is 20.5. The van der Waals surface area contributed by atoms with Crippen molar-refractivity contribution in [3.8, 4) is 0 Å². The fourth-order valence-corrected chi connectivity index (χ4v) is 3.84. The van der Waals surface area contributed by atoms with Crippen LogP contribution in [0.25, 0.3) is 0 Å². The summed E-state index contributed by atoms with van der Waals surface area (Å²) in [7, 11) is -4.00. The Balaban J connectivity index is 1.94. The number of sulfonamides is 1. The van der Waals surface area contributed by atoms with E-state index in [0.29, 0.717) is 17.3 Å². The average Bonchev–Trinajstić information content (AvgIpc) is 3.09. The number of carbonyl (C=O) groups excluding carboxylic acids is 1. The molecule has 3 rings (SSSR count). The molecule has 3 N–H and O–H groups in total. The van der Waals surface area contributed by atoms with Gasteiger partial charge in [-0.05, 0) is 36.8 Å². The number of nitrogens with one attached hydrogen (secondary N) is 1. The van der Waals surface area contributed by atoms with E-state index < -0.39 is 32.2 Å². The largest absolute Gasteiger partial charge is 0.356 e. The van der Waals surface area contributed by atoms with Gasteiger partial charge in [0.1, 0.15) is 16.4 Å². The van der Waals surface area contributed by atoms with E-state index in [2.05, 4.69) is 4.98 Å². The summed E-state index contributed by atoms with van der Waals surface area (Å²) in [5.41, 5.74) is 0.716. The Labute approximate surface area is 161 Å². The predicted molar refractivity (Wildman–Crippen MR) is 101 cm³/mol. The number of nitrogens with two attached hydrogens (primary N) is 1. The molecule has 0 fully saturated rings. The lowest BCUT2D eigenvalue weighted by atomic mass is 9.95. The monoisotopic (exact) mass is 404 g/mol. The van der Waals surface area contributed by atoms with Crippen LogP contribution >= 0.6 is 0 Å². The summed E-state index contributed by atoms with van der Waals surface area (Å²) in [6.45, 7) is 1.50. The zero-order valence-electron chi connectivity index (χ0n) is 14.9. The number of aromatic nitrogens is 1. The average molecular weight is 404 g/mol. The molecule has 0 saturated carbocycles. The first-order valence-electron chi connectivity index (χ1n) is 8.37. The van der Waals surface area contributed by atoms with E-state index in [1.54, 1.807) is 36.4 Å². The van der Waals surface area contributed by atoms with Crippen LogP contribution < -0.4 is 5.14 Å². The molecule has 0 radical (unpaired) electrons. The first kappa shape index (κ1) is 19.9. The Bertz CT molecular complexity index is 1130. The lowest BCUT2D eigenvalue weighted by Crippen LogP contribution is -2.40. The van der Waals surface area contributed by atoms with Crippen LogP contribution in [0.15, 0.2) is 60.7 Å². The van der Waals surface area contributed by atoms with Crippen LogP contribution in [-0.4, -0.2) is 19.2 Å². The second kappa shape index (κ2) is 7.29. The van der Waals surface area contributed by atoms with Gasteiger partial charge in [0.15, 0.2) is 0 Å². The van der Waals surface area contributed by atoms with Crippen molar-refractivity contribution in [2.75, 3.05) is 0 Å². The van der Waals surface area contributed by atoms with Crippen LogP contribution in [0.4, 0.5) is 8.78 Å². The SMILES string of the molecule is CC(Cc1ccc(C(=O)c2ccc(F)cc2F)[nH]1)(c1ccccc1)S(N)(=O)=O. The summed E-state index contributed by atoms with van der Waals surface area (Å²) in [6, 6.07) is 14.1. The minimum Gasteiger partial charge on any atom is -0.356 e. The van der Waals surface area contributed by atoms with Gasteiger partial charge in [0.05, 0.1) is 11.3 Å². The summed E-state index contributed by atoms with van der Waals surface area (Å²) in [4.78, 5) is 15.3. The number of ketones is 1. The fraction of sp³-hybridized carbons (Fsp3) is 0.150. The minimum atomic E-state index is -4.00. The molecule has 0 amide bonds. The number of rotatable bonds is 6. The number of H-pyrrole nitrogens is 1. The maximum Gasteiger partial charge on any atom is 0.219 e. The van der Waals surface area contributed by atoms with Crippen molar-refractivity contribution in [1.82, 2.24) is 4.98 Å². The molecule has 5 nitrogen and oxygen atoms in total. The molecule has 146 valence electrons. The Kier molecular flexibility index (Phi) is 5.18. The van der Waals surface area contributed by atoms with E-state index in [1.807, 2.05) is 0 Å². The summed E-state index contributed by atoms with van der Waals surface area (Å²) in [5, 5.41) is 5.49. The van der Waals surface area contributed by atoms with Gasteiger partial charge < -0.3 is 4.98 Å². The molecule has 0 aliphatic rings. The molecule has 1 heterocycles. The normalized spacial score (nSPS) is 13.9. The molecular weight excluding hydrogens is 386 g/mol. The van der Waals surface area contributed by atoms with Crippen LogP contribution in [0.3, 0.4) is 0 Å². The summed E-state index contributed by atoms with van der Waals surface area (Å²) < 4.78 is 50.1. The van der Waals surface area contributed by atoms with Gasteiger partial charge in [-0.1, -0.05) is 30.3 Å².